The highest BCUT2D eigenvalue weighted by molar-refractivity contribution is 5.57. The average molecular weight is 148 g/mol. The molecule has 0 saturated carbocycles. The van der Waals surface area contributed by atoms with E-state index in [0.717, 1.165) is 0 Å². The van der Waals surface area contributed by atoms with Crippen molar-refractivity contribution >= 4 is 6.16 Å². The Hall–Kier alpha value is -0.810. The standard InChI is InChI=1S/C5H8O5/c1-5(2,3-9-10-3)8-4(6)7/h3H,1-2H3,(H,6,7). The molecule has 0 aliphatic carbocycles. The molecule has 5 nitrogen and oxygen atoms in total. The molecule has 0 atom stereocenters. The Morgan fingerprint density at radius 2 is 2.10 bits per heavy atom. The molecule has 0 spiro atoms. The van der Waals surface area contributed by atoms with E-state index in [1.807, 2.05) is 0 Å². The van der Waals surface area contributed by atoms with Crippen LogP contribution in [-0.2, 0) is 14.5 Å². The van der Waals surface area contributed by atoms with Crippen LogP contribution >= 0.6 is 0 Å². The first-order chi connectivity index (χ1) is 4.52. The molecule has 5 heteroatoms. The zero-order chi connectivity index (χ0) is 7.78. The lowest BCUT2D eigenvalue weighted by molar-refractivity contribution is -0.0144. The van der Waals surface area contributed by atoms with E-state index in [1.54, 1.807) is 13.8 Å². The maximum absolute atomic E-state index is 10.0. The summed E-state index contributed by atoms with van der Waals surface area (Å²) in [6, 6.07) is 0. The number of hydrogen-bond acceptors (Lipinski definition) is 4. The fourth-order valence-corrected chi connectivity index (χ4v) is 0.533. The summed E-state index contributed by atoms with van der Waals surface area (Å²) in [7, 11) is 0. The number of hydrogen-bond donors (Lipinski definition) is 1. The zero-order valence-corrected chi connectivity index (χ0v) is 5.66. The van der Waals surface area contributed by atoms with Crippen molar-refractivity contribution in [2.45, 2.75) is 25.7 Å². The van der Waals surface area contributed by atoms with Crippen LogP contribution in [0.15, 0.2) is 0 Å². The third-order valence-corrected chi connectivity index (χ3v) is 1.11. The molecule has 0 amide bonds. The smallest absolute Gasteiger partial charge is 0.450 e. The van der Waals surface area contributed by atoms with Gasteiger partial charge in [0.25, 0.3) is 6.29 Å². The summed E-state index contributed by atoms with van der Waals surface area (Å²) in [4.78, 5) is 18.8. The molecule has 0 aromatic heterocycles. The number of rotatable bonds is 2. The number of carbonyl (C=O) groups is 1. The van der Waals surface area contributed by atoms with E-state index in [0.29, 0.717) is 0 Å². The Bertz CT molecular complexity index is 148. The highest BCUT2D eigenvalue weighted by Gasteiger charge is 2.46. The van der Waals surface area contributed by atoms with Crippen LogP contribution in [0.25, 0.3) is 0 Å². The van der Waals surface area contributed by atoms with Crippen molar-refractivity contribution in [2.24, 2.45) is 0 Å². The minimum absolute atomic E-state index is 0.552. The van der Waals surface area contributed by atoms with Gasteiger partial charge in [0.05, 0.1) is 0 Å². The molecule has 1 aliphatic heterocycles. The van der Waals surface area contributed by atoms with E-state index in [2.05, 4.69) is 14.5 Å². The van der Waals surface area contributed by atoms with Gasteiger partial charge in [-0.2, -0.15) is 9.78 Å². The average Bonchev–Trinajstić information content (AvgIpc) is 2.35. The van der Waals surface area contributed by atoms with Crippen molar-refractivity contribution in [3.8, 4) is 0 Å². The fraction of sp³-hybridized carbons (Fsp3) is 0.800. The van der Waals surface area contributed by atoms with Gasteiger partial charge in [0.2, 0.25) is 0 Å². The second kappa shape index (κ2) is 2.10. The van der Waals surface area contributed by atoms with E-state index in [-0.39, 0.29) is 0 Å². The molecule has 10 heavy (non-hydrogen) atoms. The van der Waals surface area contributed by atoms with E-state index in [4.69, 9.17) is 5.11 Å². The molecule has 1 aliphatic rings. The third kappa shape index (κ3) is 1.58. The van der Waals surface area contributed by atoms with Gasteiger partial charge in [-0.05, 0) is 13.8 Å². The highest BCUT2D eigenvalue weighted by Crippen LogP contribution is 2.28. The molecule has 0 aromatic carbocycles. The lowest BCUT2D eigenvalue weighted by Gasteiger charge is -2.17. The van der Waals surface area contributed by atoms with E-state index in [1.165, 1.54) is 0 Å². The van der Waals surface area contributed by atoms with E-state index in [9.17, 15) is 4.79 Å². The van der Waals surface area contributed by atoms with E-state index < -0.39 is 18.0 Å². The van der Waals surface area contributed by atoms with Gasteiger partial charge < -0.3 is 9.84 Å². The van der Waals surface area contributed by atoms with Crippen LogP contribution in [-0.4, -0.2) is 23.2 Å². The summed E-state index contributed by atoms with van der Waals surface area (Å²) in [6.07, 6.45) is -1.88. The molecule has 1 heterocycles. The van der Waals surface area contributed by atoms with Crippen LogP contribution in [0.3, 0.4) is 0 Å². The number of carboxylic acid groups (broad SMARTS) is 1. The molecule has 1 rings (SSSR count). The normalized spacial score (nSPS) is 18.6. The van der Waals surface area contributed by atoms with Crippen molar-refractivity contribution in [3.05, 3.63) is 0 Å². The molecule has 0 bridgehead atoms. The van der Waals surface area contributed by atoms with Gasteiger partial charge in [0.1, 0.15) is 0 Å². The van der Waals surface area contributed by atoms with Gasteiger partial charge in [0, 0.05) is 0 Å². The fourth-order valence-electron chi connectivity index (χ4n) is 0.533. The lowest BCUT2D eigenvalue weighted by Crippen LogP contribution is -2.33. The molecule has 1 fully saturated rings. The Labute approximate surface area is 57.4 Å². The van der Waals surface area contributed by atoms with Crippen LogP contribution in [0, 0.1) is 0 Å². The largest absolute Gasteiger partial charge is 0.506 e. The van der Waals surface area contributed by atoms with Crippen LogP contribution in [0.1, 0.15) is 13.8 Å². The summed E-state index contributed by atoms with van der Waals surface area (Å²) in [6.45, 7) is 3.14. The summed E-state index contributed by atoms with van der Waals surface area (Å²) in [5.41, 5.74) is -0.911. The maximum Gasteiger partial charge on any atom is 0.506 e. The molecule has 0 unspecified atom stereocenters. The van der Waals surface area contributed by atoms with Gasteiger partial charge in [-0.3, -0.25) is 0 Å². The third-order valence-electron chi connectivity index (χ3n) is 1.11. The summed E-state index contributed by atoms with van der Waals surface area (Å²) >= 11 is 0. The number of ether oxygens (including phenoxy) is 1. The first-order valence-electron chi connectivity index (χ1n) is 2.76. The van der Waals surface area contributed by atoms with Crippen molar-refractivity contribution in [3.63, 3.8) is 0 Å². The van der Waals surface area contributed by atoms with Crippen LogP contribution in [0.5, 0.6) is 0 Å². The predicted molar refractivity (Wildman–Crippen MR) is 29.1 cm³/mol. The van der Waals surface area contributed by atoms with Crippen molar-refractivity contribution < 1.29 is 24.4 Å². The Balaban J connectivity index is 2.41. The maximum atomic E-state index is 10.0. The zero-order valence-electron chi connectivity index (χ0n) is 5.66. The predicted octanol–water partition coefficient (Wildman–Crippen LogP) is 0.747. The monoisotopic (exact) mass is 148 g/mol. The minimum Gasteiger partial charge on any atom is -0.450 e. The second-order valence-corrected chi connectivity index (χ2v) is 2.50. The molecule has 1 saturated heterocycles. The van der Waals surface area contributed by atoms with Gasteiger partial charge in [0.15, 0.2) is 5.60 Å². The summed E-state index contributed by atoms with van der Waals surface area (Å²) < 4.78 is 4.43. The quantitative estimate of drug-likeness (QED) is 0.355. The van der Waals surface area contributed by atoms with Gasteiger partial charge in [-0.25, -0.2) is 4.79 Å². The van der Waals surface area contributed by atoms with E-state index >= 15 is 0 Å². The van der Waals surface area contributed by atoms with Crippen LogP contribution in [0.4, 0.5) is 4.79 Å². The molecule has 58 valence electrons. The van der Waals surface area contributed by atoms with Crippen LogP contribution < -0.4 is 0 Å². The second-order valence-electron chi connectivity index (χ2n) is 2.50. The molecule has 1 N–H and O–H groups in total. The van der Waals surface area contributed by atoms with Crippen molar-refractivity contribution in [1.29, 1.82) is 0 Å². The van der Waals surface area contributed by atoms with Gasteiger partial charge in [-0.1, -0.05) is 0 Å². The molecular formula is C5H8O5. The van der Waals surface area contributed by atoms with Gasteiger partial charge in [-0.15, -0.1) is 0 Å². The van der Waals surface area contributed by atoms with Crippen molar-refractivity contribution in [1.82, 2.24) is 0 Å². The minimum atomic E-state index is -1.33. The molecule has 0 aromatic rings. The Kier molecular flexibility index (Phi) is 1.53. The SMILES string of the molecule is CC(C)(OC(=O)O)C1OO1. The Morgan fingerprint density at radius 3 is 2.40 bits per heavy atom. The first-order valence-corrected chi connectivity index (χ1v) is 2.76. The summed E-state index contributed by atoms with van der Waals surface area (Å²) in [5.74, 6) is 0. The van der Waals surface area contributed by atoms with Crippen molar-refractivity contribution in [2.75, 3.05) is 0 Å². The van der Waals surface area contributed by atoms with Crippen LogP contribution in [0.2, 0.25) is 0 Å². The molecule has 0 radical (unpaired) electrons. The Morgan fingerprint density at radius 1 is 1.60 bits per heavy atom. The highest BCUT2D eigenvalue weighted by atomic mass is 17.4. The topological polar surface area (TPSA) is 71.6 Å². The van der Waals surface area contributed by atoms with Gasteiger partial charge >= 0.3 is 6.16 Å². The first kappa shape index (κ1) is 7.30. The summed E-state index contributed by atoms with van der Waals surface area (Å²) in [5, 5.41) is 8.19. The molecular weight excluding hydrogens is 140 g/mol. The lowest BCUT2D eigenvalue weighted by atomic mass is 10.1.